The molecule has 5 nitrogen and oxygen atoms in total. The van der Waals surface area contributed by atoms with E-state index >= 15 is 0 Å². The molecule has 0 unspecified atom stereocenters. The maximum absolute atomic E-state index is 12.7. The highest BCUT2D eigenvalue weighted by atomic mass is 35.5. The number of methoxy groups -OCH3 is 1. The number of anilines is 1. The second-order valence-electron chi connectivity index (χ2n) is 6.68. The van der Waals surface area contributed by atoms with Crippen LogP contribution in [0.2, 0.25) is 5.02 Å². The standard InChI is InChI=1S/C23H20ClN3O2/c1-29-19-12-10-18(11-13-19)25-23(28)15-27-21-5-3-2-4-20(21)26-22(27)14-16-6-8-17(24)9-7-16/h2-13H,14-15H2,1H3,(H,25,28). The number of fused-ring (bicyclic) bond motifs is 1. The molecule has 1 amide bonds. The zero-order chi connectivity index (χ0) is 20.2. The third-order valence-electron chi connectivity index (χ3n) is 4.68. The molecule has 0 radical (unpaired) electrons. The Morgan fingerprint density at radius 3 is 2.48 bits per heavy atom. The van der Waals surface area contributed by atoms with Crippen LogP contribution in [0.5, 0.6) is 5.75 Å². The van der Waals surface area contributed by atoms with Gasteiger partial charge >= 0.3 is 0 Å². The van der Waals surface area contributed by atoms with Crippen LogP contribution in [-0.2, 0) is 17.8 Å². The fraction of sp³-hybridized carbons (Fsp3) is 0.130. The predicted molar refractivity (Wildman–Crippen MR) is 116 cm³/mol. The Bertz CT molecular complexity index is 1140. The topological polar surface area (TPSA) is 56.1 Å². The van der Waals surface area contributed by atoms with Crippen LogP contribution < -0.4 is 10.1 Å². The van der Waals surface area contributed by atoms with Crippen LogP contribution in [0.25, 0.3) is 11.0 Å². The van der Waals surface area contributed by atoms with E-state index in [4.69, 9.17) is 21.3 Å². The summed E-state index contributed by atoms with van der Waals surface area (Å²) in [5, 5.41) is 3.63. The van der Waals surface area contributed by atoms with Crippen LogP contribution in [-0.4, -0.2) is 22.6 Å². The van der Waals surface area contributed by atoms with Gasteiger partial charge in [0.2, 0.25) is 5.91 Å². The van der Waals surface area contributed by atoms with E-state index in [1.165, 1.54) is 0 Å². The molecule has 0 bridgehead atoms. The average Bonchev–Trinajstić information content (AvgIpc) is 3.07. The number of nitrogens with zero attached hydrogens (tertiary/aromatic N) is 2. The molecule has 29 heavy (non-hydrogen) atoms. The summed E-state index contributed by atoms with van der Waals surface area (Å²) in [6.07, 6.45) is 0.613. The van der Waals surface area contributed by atoms with E-state index < -0.39 is 0 Å². The minimum Gasteiger partial charge on any atom is -0.497 e. The number of carbonyl (C=O) groups is 1. The predicted octanol–water partition coefficient (Wildman–Crippen LogP) is 4.93. The summed E-state index contributed by atoms with van der Waals surface area (Å²) < 4.78 is 7.12. The molecule has 3 aromatic carbocycles. The maximum Gasteiger partial charge on any atom is 0.244 e. The Morgan fingerprint density at radius 2 is 1.76 bits per heavy atom. The summed E-state index contributed by atoms with van der Waals surface area (Å²) >= 11 is 5.99. The van der Waals surface area contributed by atoms with Crippen molar-refractivity contribution in [1.82, 2.24) is 9.55 Å². The SMILES string of the molecule is COc1ccc(NC(=O)Cn2c(Cc3ccc(Cl)cc3)nc3ccccc32)cc1. The summed E-state index contributed by atoms with van der Waals surface area (Å²) in [7, 11) is 1.61. The van der Waals surface area contributed by atoms with Crippen LogP contribution in [0.1, 0.15) is 11.4 Å². The van der Waals surface area contributed by atoms with Gasteiger partial charge in [0, 0.05) is 17.1 Å². The molecule has 0 aliphatic heterocycles. The lowest BCUT2D eigenvalue weighted by Crippen LogP contribution is -2.20. The van der Waals surface area contributed by atoms with Crippen molar-refractivity contribution in [2.45, 2.75) is 13.0 Å². The zero-order valence-electron chi connectivity index (χ0n) is 15.9. The third-order valence-corrected chi connectivity index (χ3v) is 4.94. The highest BCUT2D eigenvalue weighted by Crippen LogP contribution is 2.20. The summed E-state index contributed by atoms with van der Waals surface area (Å²) in [4.78, 5) is 17.5. The molecule has 0 saturated carbocycles. The first-order valence-electron chi connectivity index (χ1n) is 9.25. The number of aromatic nitrogens is 2. The van der Waals surface area contributed by atoms with Crippen molar-refractivity contribution < 1.29 is 9.53 Å². The minimum absolute atomic E-state index is 0.115. The lowest BCUT2D eigenvalue weighted by Gasteiger charge is -2.11. The van der Waals surface area contributed by atoms with Crippen molar-refractivity contribution in [2.24, 2.45) is 0 Å². The smallest absolute Gasteiger partial charge is 0.244 e. The van der Waals surface area contributed by atoms with Gasteiger partial charge in [-0.1, -0.05) is 35.9 Å². The molecular weight excluding hydrogens is 386 g/mol. The molecule has 6 heteroatoms. The van der Waals surface area contributed by atoms with E-state index in [0.29, 0.717) is 11.4 Å². The second-order valence-corrected chi connectivity index (χ2v) is 7.12. The molecule has 0 spiro atoms. The van der Waals surface area contributed by atoms with Gasteiger partial charge in [0.15, 0.2) is 0 Å². The van der Waals surface area contributed by atoms with E-state index in [1.54, 1.807) is 7.11 Å². The summed E-state index contributed by atoms with van der Waals surface area (Å²) in [5.41, 5.74) is 3.61. The molecule has 0 aliphatic carbocycles. The lowest BCUT2D eigenvalue weighted by atomic mass is 10.1. The van der Waals surface area contributed by atoms with Crippen molar-refractivity contribution in [3.63, 3.8) is 0 Å². The first-order valence-corrected chi connectivity index (χ1v) is 9.62. The van der Waals surface area contributed by atoms with Gasteiger partial charge in [0.05, 0.1) is 18.1 Å². The van der Waals surface area contributed by atoms with Crippen molar-refractivity contribution in [3.05, 3.63) is 89.2 Å². The molecule has 4 aromatic rings. The van der Waals surface area contributed by atoms with Gasteiger partial charge in [-0.05, 0) is 54.1 Å². The Kier molecular flexibility index (Phi) is 5.49. The van der Waals surface area contributed by atoms with E-state index in [1.807, 2.05) is 77.4 Å². The van der Waals surface area contributed by atoms with Crippen molar-refractivity contribution in [3.8, 4) is 5.75 Å². The normalized spacial score (nSPS) is 10.8. The van der Waals surface area contributed by atoms with Gasteiger partial charge in [-0.25, -0.2) is 4.98 Å². The van der Waals surface area contributed by atoms with Gasteiger partial charge in [-0.2, -0.15) is 0 Å². The van der Waals surface area contributed by atoms with Crippen LogP contribution in [0, 0.1) is 0 Å². The van der Waals surface area contributed by atoms with Crippen LogP contribution in [0.3, 0.4) is 0 Å². The number of halogens is 1. The van der Waals surface area contributed by atoms with Gasteiger partial charge < -0.3 is 14.6 Å². The van der Waals surface area contributed by atoms with Crippen molar-refractivity contribution >= 4 is 34.2 Å². The first-order chi connectivity index (χ1) is 14.1. The average molecular weight is 406 g/mol. The molecule has 1 N–H and O–H groups in total. The van der Waals surface area contributed by atoms with Crippen LogP contribution >= 0.6 is 11.6 Å². The number of ether oxygens (including phenoxy) is 1. The summed E-state index contributed by atoms with van der Waals surface area (Å²) in [6.45, 7) is 0.176. The molecule has 0 saturated heterocycles. The van der Waals surface area contributed by atoms with E-state index in [-0.39, 0.29) is 12.5 Å². The number of para-hydroxylation sites is 2. The Balaban J connectivity index is 1.59. The molecule has 1 aromatic heterocycles. The molecule has 0 aliphatic rings. The number of imidazole rings is 1. The first kappa shape index (κ1) is 19.0. The monoisotopic (exact) mass is 405 g/mol. The number of rotatable bonds is 6. The Morgan fingerprint density at radius 1 is 1.03 bits per heavy atom. The van der Waals surface area contributed by atoms with Crippen LogP contribution in [0.4, 0.5) is 5.69 Å². The van der Waals surface area contributed by atoms with E-state index in [0.717, 1.165) is 33.9 Å². The second kappa shape index (κ2) is 8.37. The number of hydrogen-bond acceptors (Lipinski definition) is 3. The Hall–Kier alpha value is -3.31. The van der Waals surface area contributed by atoms with Gasteiger partial charge in [0.25, 0.3) is 0 Å². The fourth-order valence-corrected chi connectivity index (χ4v) is 3.37. The highest BCUT2D eigenvalue weighted by molar-refractivity contribution is 6.30. The van der Waals surface area contributed by atoms with Crippen molar-refractivity contribution in [1.29, 1.82) is 0 Å². The van der Waals surface area contributed by atoms with E-state index in [9.17, 15) is 4.79 Å². The molecule has 1 heterocycles. The molecular formula is C23H20ClN3O2. The molecule has 0 fully saturated rings. The highest BCUT2D eigenvalue weighted by Gasteiger charge is 2.14. The Labute approximate surface area is 173 Å². The van der Waals surface area contributed by atoms with Crippen molar-refractivity contribution in [2.75, 3.05) is 12.4 Å². The largest absolute Gasteiger partial charge is 0.497 e. The third kappa shape index (κ3) is 4.41. The number of hydrogen-bond donors (Lipinski definition) is 1. The van der Waals surface area contributed by atoms with E-state index in [2.05, 4.69) is 5.32 Å². The van der Waals surface area contributed by atoms with Gasteiger partial charge in [-0.15, -0.1) is 0 Å². The number of amides is 1. The molecule has 0 atom stereocenters. The zero-order valence-corrected chi connectivity index (χ0v) is 16.7. The molecule has 4 rings (SSSR count). The maximum atomic E-state index is 12.7. The van der Waals surface area contributed by atoms with Gasteiger partial charge in [0.1, 0.15) is 18.1 Å². The van der Waals surface area contributed by atoms with Gasteiger partial charge in [-0.3, -0.25) is 4.79 Å². The minimum atomic E-state index is -0.115. The fourth-order valence-electron chi connectivity index (χ4n) is 3.24. The summed E-state index contributed by atoms with van der Waals surface area (Å²) in [6, 6.07) is 22.8. The number of nitrogens with one attached hydrogen (secondary N) is 1. The molecule has 146 valence electrons. The quantitative estimate of drug-likeness (QED) is 0.495. The lowest BCUT2D eigenvalue weighted by molar-refractivity contribution is -0.116. The number of carbonyl (C=O) groups excluding carboxylic acids is 1. The number of benzene rings is 3. The van der Waals surface area contributed by atoms with Crippen LogP contribution in [0.15, 0.2) is 72.8 Å². The summed E-state index contributed by atoms with van der Waals surface area (Å²) in [5.74, 6) is 1.46.